The van der Waals surface area contributed by atoms with Gasteiger partial charge in [-0.15, -0.1) is 0 Å². The molecule has 0 saturated heterocycles. The second kappa shape index (κ2) is 43.0. The molecule has 4 nitrogen and oxygen atoms in total. The zero-order chi connectivity index (χ0) is 38.8. The summed E-state index contributed by atoms with van der Waals surface area (Å²) in [5, 5.41) is 0. The van der Waals surface area contributed by atoms with Crippen LogP contribution in [0.2, 0.25) is 0 Å². The van der Waals surface area contributed by atoms with Crippen molar-refractivity contribution in [3.63, 3.8) is 0 Å². The lowest BCUT2D eigenvalue weighted by atomic mass is 9.99. The molecule has 0 aromatic carbocycles. The molecule has 0 heterocycles. The van der Waals surface area contributed by atoms with Crippen LogP contribution in [0.15, 0.2) is 0 Å². The maximum Gasteiger partial charge on any atom is 0.399 e. The molecule has 2 atom stereocenters. The molecule has 0 amide bonds. The van der Waals surface area contributed by atoms with E-state index in [0.717, 1.165) is 37.5 Å². The van der Waals surface area contributed by atoms with Crippen molar-refractivity contribution in [1.29, 1.82) is 0 Å². The zero-order valence-electron chi connectivity index (χ0n) is 36.9. The third-order valence-electron chi connectivity index (χ3n) is 12.0. The minimum absolute atomic E-state index is 0.250. The van der Waals surface area contributed by atoms with Crippen LogP contribution >= 0.6 is 0 Å². The van der Waals surface area contributed by atoms with Crippen LogP contribution in [0.4, 0.5) is 0 Å². The van der Waals surface area contributed by atoms with Gasteiger partial charge in [-0.1, -0.05) is 272 Å². The summed E-state index contributed by atoms with van der Waals surface area (Å²) >= 11 is 0. The third kappa shape index (κ3) is 44.5. The monoisotopic (exact) mass is 771 g/mol. The van der Waals surface area contributed by atoms with Gasteiger partial charge in [0.05, 0.1) is 13.2 Å². The Balaban J connectivity index is 3.26. The average molecular weight is 771 g/mol. The Morgan fingerprint density at radius 3 is 0.660 bits per heavy atom. The summed E-state index contributed by atoms with van der Waals surface area (Å²) in [6, 6.07) is 0. The number of unbranched alkanes of at least 4 members (excludes halogenated alkanes) is 34. The first kappa shape index (κ1) is 52.9. The van der Waals surface area contributed by atoms with E-state index in [-0.39, 0.29) is 13.2 Å². The standard InChI is InChI=1S/C48H98O4S/c1-5-47(3)43-39-35-31-27-23-19-15-11-7-9-13-17-21-25-29-33-37-41-45-51-53(49,50)52-46-42-38-34-30-26-22-18-14-10-8-12-16-20-24-28-32-36-40-44-48(4)6-2/h47-48H,5-46H2,1-4H3. The minimum Gasteiger partial charge on any atom is -0.248 e. The molecule has 0 N–H and O–H groups in total. The molecule has 0 aromatic heterocycles. The first-order chi connectivity index (χ1) is 25.9. The van der Waals surface area contributed by atoms with E-state index in [0.29, 0.717) is 0 Å². The van der Waals surface area contributed by atoms with Gasteiger partial charge < -0.3 is 0 Å². The molecule has 0 saturated carbocycles. The van der Waals surface area contributed by atoms with Crippen molar-refractivity contribution < 1.29 is 16.8 Å². The summed E-state index contributed by atoms with van der Waals surface area (Å²) in [4.78, 5) is 0. The van der Waals surface area contributed by atoms with Crippen LogP contribution in [0.3, 0.4) is 0 Å². The molecule has 5 heteroatoms. The Morgan fingerprint density at radius 1 is 0.302 bits per heavy atom. The van der Waals surface area contributed by atoms with E-state index < -0.39 is 10.4 Å². The Morgan fingerprint density at radius 2 is 0.472 bits per heavy atom. The first-order valence-corrected chi connectivity index (χ1v) is 25.8. The van der Waals surface area contributed by atoms with E-state index in [2.05, 4.69) is 27.7 Å². The first-order valence-electron chi connectivity index (χ1n) is 24.4. The smallest absolute Gasteiger partial charge is 0.248 e. The van der Waals surface area contributed by atoms with Gasteiger partial charge in [0, 0.05) is 0 Å². The van der Waals surface area contributed by atoms with Crippen LogP contribution in [-0.2, 0) is 18.8 Å². The number of hydrogen-bond acceptors (Lipinski definition) is 4. The highest BCUT2D eigenvalue weighted by atomic mass is 32.3. The summed E-state index contributed by atoms with van der Waals surface area (Å²) in [7, 11) is -3.84. The summed E-state index contributed by atoms with van der Waals surface area (Å²) < 4.78 is 34.2. The molecule has 53 heavy (non-hydrogen) atoms. The van der Waals surface area contributed by atoms with Crippen molar-refractivity contribution in [1.82, 2.24) is 0 Å². The lowest BCUT2D eigenvalue weighted by Gasteiger charge is -2.07. The Hall–Kier alpha value is -0.130. The van der Waals surface area contributed by atoms with Gasteiger partial charge >= 0.3 is 10.4 Å². The Labute approximate surface area is 335 Å². The zero-order valence-corrected chi connectivity index (χ0v) is 37.7. The van der Waals surface area contributed by atoms with Gasteiger partial charge in [-0.2, -0.15) is 8.42 Å². The second-order valence-corrected chi connectivity index (χ2v) is 18.7. The Kier molecular flexibility index (Phi) is 42.9. The van der Waals surface area contributed by atoms with Crippen LogP contribution in [0.5, 0.6) is 0 Å². The van der Waals surface area contributed by atoms with Gasteiger partial charge in [0.2, 0.25) is 0 Å². The fraction of sp³-hybridized carbons (Fsp3) is 1.00. The quantitative estimate of drug-likeness (QED) is 0.0579. The van der Waals surface area contributed by atoms with Crippen molar-refractivity contribution in [2.45, 2.75) is 285 Å². The topological polar surface area (TPSA) is 52.6 Å². The normalized spacial score (nSPS) is 13.2. The van der Waals surface area contributed by atoms with Crippen LogP contribution in [0.25, 0.3) is 0 Å². The van der Waals surface area contributed by atoms with Gasteiger partial charge in [0.1, 0.15) is 0 Å². The molecule has 2 unspecified atom stereocenters. The summed E-state index contributed by atoms with van der Waals surface area (Å²) in [6.45, 7) is 9.89. The van der Waals surface area contributed by atoms with Gasteiger partial charge in [0.25, 0.3) is 0 Å². The molecule has 0 bridgehead atoms. The van der Waals surface area contributed by atoms with E-state index in [4.69, 9.17) is 8.37 Å². The Bertz CT molecular complexity index is 726. The molecule has 0 aliphatic carbocycles. The van der Waals surface area contributed by atoms with Crippen molar-refractivity contribution in [3.05, 3.63) is 0 Å². The predicted molar refractivity (Wildman–Crippen MR) is 235 cm³/mol. The van der Waals surface area contributed by atoms with Gasteiger partial charge in [-0.05, 0) is 24.7 Å². The number of hydrogen-bond donors (Lipinski definition) is 0. The molecule has 0 radical (unpaired) electrons. The van der Waals surface area contributed by atoms with Crippen molar-refractivity contribution in [2.75, 3.05) is 13.2 Å². The van der Waals surface area contributed by atoms with Crippen molar-refractivity contribution >= 4 is 10.4 Å². The molecule has 0 spiro atoms. The number of rotatable bonds is 46. The van der Waals surface area contributed by atoms with Gasteiger partial charge in [0.15, 0.2) is 0 Å². The van der Waals surface area contributed by atoms with Crippen LogP contribution in [0, 0.1) is 11.8 Å². The molecular weight excluding hydrogens is 673 g/mol. The molecular formula is C48H98O4S. The largest absolute Gasteiger partial charge is 0.399 e. The maximum atomic E-state index is 12.0. The molecule has 0 aromatic rings. The lowest BCUT2D eigenvalue weighted by molar-refractivity contribution is 0.208. The third-order valence-corrected chi connectivity index (χ3v) is 12.9. The highest BCUT2D eigenvalue weighted by Crippen LogP contribution is 2.18. The minimum atomic E-state index is -3.84. The maximum absolute atomic E-state index is 12.0. The van der Waals surface area contributed by atoms with Crippen LogP contribution < -0.4 is 0 Å². The molecule has 0 aliphatic heterocycles. The predicted octanol–water partition coefficient (Wildman–Crippen LogP) is 17.2. The van der Waals surface area contributed by atoms with Gasteiger partial charge in [-0.3, -0.25) is 0 Å². The second-order valence-electron chi connectivity index (χ2n) is 17.4. The van der Waals surface area contributed by atoms with Crippen molar-refractivity contribution in [3.8, 4) is 0 Å². The average Bonchev–Trinajstić information content (AvgIpc) is 3.15. The SMILES string of the molecule is CCC(C)CCCCCCCCCCCCCCCCCCCCOS(=O)(=O)OCCCCCCCCCCCCCCCCCCCCC(C)CC. The molecule has 0 rings (SSSR count). The summed E-state index contributed by atoms with van der Waals surface area (Å²) in [5.41, 5.74) is 0. The fourth-order valence-electron chi connectivity index (χ4n) is 7.61. The van der Waals surface area contributed by atoms with E-state index in [9.17, 15) is 8.42 Å². The lowest BCUT2D eigenvalue weighted by Crippen LogP contribution is -2.12. The highest BCUT2D eigenvalue weighted by Gasteiger charge is 2.11. The molecule has 0 aliphatic rings. The van der Waals surface area contributed by atoms with E-state index in [1.54, 1.807) is 0 Å². The fourth-order valence-corrected chi connectivity index (χ4v) is 8.32. The van der Waals surface area contributed by atoms with Crippen molar-refractivity contribution in [2.24, 2.45) is 11.8 Å². The summed E-state index contributed by atoms with van der Waals surface area (Å²) in [5.74, 6) is 1.84. The van der Waals surface area contributed by atoms with E-state index in [1.165, 1.54) is 231 Å². The van der Waals surface area contributed by atoms with Crippen LogP contribution in [0.1, 0.15) is 285 Å². The van der Waals surface area contributed by atoms with E-state index in [1.807, 2.05) is 0 Å². The molecule has 320 valence electrons. The van der Waals surface area contributed by atoms with E-state index >= 15 is 0 Å². The van der Waals surface area contributed by atoms with Gasteiger partial charge in [-0.25, -0.2) is 8.37 Å². The summed E-state index contributed by atoms with van der Waals surface area (Å²) in [6.07, 6.45) is 53.5. The van der Waals surface area contributed by atoms with Crippen LogP contribution in [-0.4, -0.2) is 21.6 Å². The highest BCUT2D eigenvalue weighted by molar-refractivity contribution is 7.81. The molecule has 0 fully saturated rings.